The summed E-state index contributed by atoms with van der Waals surface area (Å²) >= 11 is 1.65. The van der Waals surface area contributed by atoms with Crippen molar-refractivity contribution in [3.05, 3.63) is 51.7 Å². The smallest absolute Gasteiger partial charge is 0.123 e. The minimum absolute atomic E-state index is 0.149. The van der Waals surface area contributed by atoms with Crippen molar-refractivity contribution in [3.63, 3.8) is 0 Å². The van der Waals surface area contributed by atoms with E-state index in [1.54, 1.807) is 30.4 Å². The van der Waals surface area contributed by atoms with Gasteiger partial charge in [-0.05, 0) is 37.5 Å². The molecule has 1 saturated heterocycles. The van der Waals surface area contributed by atoms with Gasteiger partial charge >= 0.3 is 0 Å². The predicted molar refractivity (Wildman–Crippen MR) is 87.7 cm³/mol. The van der Waals surface area contributed by atoms with Crippen LogP contribution < -0.4 is 5.32 Å². The number of nitrogens with one attached hydrogen (secondary N) is 1. The third-order valence-electron chi connectivity index (χ3n) is 4.01. The summed E-state index contributed by atoms with van der Waals surface area (Å²) < 4.78 is 18.6. The van der Waals surface area contributed by atoms with Gasteiger partial charge in [0.05, 0.1) is 5.60 Å². The van der Waals surface area contributed by atoms with Gasteiger partial charge in [0.1, 0.15) is 16.9 Å². The van der Waals surface area contributed by atoms with Gasteiger partial charge in [0.25, 0.3) is 0 Å². The third-order valence-corrected chi connectivity index (χ3v) is 5.10. The Morgan fingerprint density at radius 1 is 1.43 bits per heavy atom. The third kappa shape index (κ3) is 4.14. The van der Waals surface area contributed by atoms with Crippen LogP contribution in [0, 0.1) is 5.82 Å². The van der Waals surface area contributed by atoms with Crippen LogP contribution in [0.25, 0.3) is 0 Å². The number of hydrogen-bond donors (Lipinski definition) is 2. The maximum absolute atomic E-state index is 13.0. The van der Waals surface area contributed by atoms with E-state index in [1.807, 2.05) is 6.20 Å². The summed E-state index contributed by atoms with van der Waals surface area (Å²) in [7, 11) is 0. The van der Waals surface area contributed by atoms with Gasteiger partial charge in [0, 0.05) is 30.8 Å². The molecule has 1 aliphatic heterocycles. The first kappa shape index (κ1) is 16.5. The first-order valence-corrected chi connectivity index (χ1v) is 8.61. The van der Waals surface area contributed by atoms with E-state index >= 15 is 0 Å². The average Bonchev–Trinajstić information content (AvgIpc) is 3.18. The fraction of sp³-hybridized carbons (Fsp3) is 0.471. The van der Waals surface area contributed by atoms with Crippen molar-refractivity contribution in [2.45, 2.75) is 38.0 Å². The molecule has 1 aliphatic rings. The van der Waals surface area contributed by atoms with Crippen LogP contribution in [0.3, 0.4) is 0 Å². The summed E-state index contributed by atoms with van der Waals surface area (Å²) in [5.41, 5.74) is -0.355. The van der Waals surface area contributed by atoms with Crippen LogP contribution in [-0.4, -0.2) is 23.2 Å². The highest BCUT2D eigenvalue weighted by atomic mass is 32.1. The first-order valence-electron chi connectivity index (χ1n) is 7.80. The molecular weight excluding hydrogens is 315 g/mol. The number of halogens is 1. The lowest BCUT2D eigenvalue weighted by Crippen LogP contribution is -2.35. The molecule has 0 aliphatic carbocycles. The highest BCUT2D eigenvalue weighted by Crippen LogP contribution is 2.31. The maximum Gasteiger partial charge on any atom is 0.123 e. The minimum atomic E-state index is -1.05. The number of nitrogens with zero attached hydrogens (tertiary/aromatic N) is 1. The van der Waals surface area contributed by atoms with E-state index < -0.39 is 5.60 Å². The van der Waals surface area contributed by atoms with Crippen LogP contribution in [-0.2, 0) is 16.9 Å². The van der Waals surface area contributed by atoms with Crippen LogP contribution in [0.2, 0.25) is 0 Å². The molecule has 1 aromatic heterocycles. The highest BCUT2D eigenvalue weighted by Gasteiger charge is 2.23. The Morgan fingerprint density at radius 2 is 2.22 bits per heavy atom. The summed E-state index contributed by atoms with van der Waals surface area (Å²) in [6, 6.07) is 5.94. The molecule has 124 valence electrons. The fourth-order valence-corrected chi connectivity index (χ4v) is 3.64. The van der Waals surface area contributed by atoms with Crippen molar-refractivity contribution in [1.82, 2.24) is 10.3 Å². The Morgan fingerprint density at radius 3 is 2.91 bits per heavy atom. The van der Waals surface area contributed by atoms with Gasteiger partial charge in [-0.2, -0.15) is 0 Å². The lowest BCUT2D eigenvalue weighted by molar-refractivity contribution is 0.0567. The van der Waals surface area contributed by atoms with Crippen LogP contribution in [0.4, 0.5) is 4.39 Å². The van der Waals surface area contributed by atoms with Gasteiger partial charge in [0.2, 0.25) is 0 Å². The summed E-state index contributed by atoms with van der Waals surface area (Å²) in [4.78, 5) is 5.55. The zero-order valence-corrected chi connectivity index (χ0v) is 13.9. The topological polar surface area (TPSA) is 54.4 Å². The molecule has 0 radical (unpaired) electrons. The van der Waals surface area contributed by atoms with E-state index in [0.717, 1.165) is 29.3 Å². The molecule has 1 aromatic carbocycles. The zero-order chi connectivity index (χ0) is 16.3. The molecule has 1 fully saturated rings. The molecule has 0 amide bonds. The maximum atomic E-state index is 13.0. The lowest BCUT2D eigenvalue weighted by atomic mass is 9.96. The second kappa shape index (κ2) is 7.05. The Hall–Kier alpha value is -1.34. The Labute approximate surface area is 139 Å². The molecule has 2 aromatic rings. The summed E-state index contributed by atoms with van der Waals surface area (Å²) in [6.45, 7) is 3.56. The number of ether oxygens (including phenoxy) is 1. The molecule has 0 spiro atoms. The summed E-state index contributed by atoms with van der Waals surface area (Å²) in [6.07, 6.45) is 4.15. The van der Waals surface area contributed by atoms with E-state index in [4.69, 9.17) is 4.74 Å². The summed E-state index contributed by atoms with van der Waals surface area (Å²) in [5, 5.41) is 14.8. The molecule has 2 N–H and O–H groups in total. The molecule has 23 heavy (non-hydrogen) atoms. The van der Waals surface area contributed by atoms with Crippen molar-refractivity contribution in [2.24, 2.45) is 0 Å². The number of thiazole rings is 1. The highest BCUT2D eigenvalue weighted by molar-refractivity contribution is 7.11. The van der Waals surface area contributed by atoms with E-state index in [2.05, 4.69) is 10.3 Å². The number of aromatic nitrogens is 1. The molecule has 0 saturated carbocycles. The van der Waals surface area contributed by atoms with Crippen LogP contribution in [0.1, 0.15) is 41.3 Å². The number of benzene rings is 1. The first-order chi connectivity index (χ1) is 11.0. The standard InChI is InChI=1S/C17H21FN2O2S/c1-17(21,12-4-6-13(18)7-5-12)11-19-9-14-10-20-16(23-14)15-3-2-8-22-15/h4-7,10,15,19,21H,2-3,8-9,11H2,1H3. The minimum Gasteiger partial charge on any atom is -0.384 e. The largest absolute Gasteiger partial charge is 0.384 e. The number of hydrogen-bond acceptors (Lipinski definition) is 5. The molecule has 0 bridgehead atoms. The molecular formula is C17H21FN2O2S. The van der Waals surface area contributed by atoms with Crippen LogP contribution in [0.5, 0.6) is 0 Å². The van der Waals surface area contributed by atoms with E-state index in [0.29, 0.717) is 18.7 Å². The molecule has 2 heterocycles. The van der Waals surface area contributed by atoms with Crippen molar-refractivity contribution >= 4 is 11.3 Å². The van der Waals surface area contributed by atoms with Gasteiger partial charge < -0.3 is 15.2 Å². The monoisotopic (exact) mass is 336 g/mol. The quantitative estimate of drug-likeness (QED) is 0.851. The fourth-order valence-electron chi connectivity index (χ4n) is 2.67. The molecule has 2 unspecified atom stereocenters. The van der Waals surface area contributed by atoms with E-state index in [-0.39, 0.29) is 11.9 Å². The van der Waals surface area contributed by atoms with Crippen molar-refractivity contribution in [3.8, 4) is 0 Å². The van der Waals surface area contributed by atoms with Crippen LogP contribution in [0.15, 0.2) is 30.5 Å². The second-order valence-electron chi connectivity index (χ2n) is 6.05. The Bertz CT molecular complexity index is 636. The van der Waals surface area contributed by atoms with Gasteiger partial charge in [0.15, 0.2) is 0 Å². The van der Waals surface area contributed by atoms with Gasteiger partial charge in [-0.1, -0.05) is 12.1 Å². The van der Waals surface area contributed by atoms with E-state index in [1.165, 1.54) is 12.1 Å². The van der Waals surface area contributed by atoms with E-state index in [9.17, 15) is 9.50 Å². The average molecular weight is 336 g/mol. The Kier molecular flexibility index (Phi) is 5.06. The molecule has 6 heteroatoms. The number of aliphatic hydroxyl groups is 1. The SMILES string of the molecule is CC(O)(CNCc1cnc(C2CCCO2)s1)c1ccc(F)cc1. The second-order valence-corrected chi connectivity index (χ2v) is 7.20. The van der Waals surface area contributed by atoms with Gasteiger partial charge in [-0.15, -0.1) is 11.3 Å². The lowest BCUT2D eigenvalue weighted by Gasteiger charge is -2.24. The zero-order valence-electron chi connectivity index (χ0n) is 13.1. The summed E-state index contributed by atoms with van der Waals surface area (Å²) in [5.74, 6) is -0.302. The Balaban J connectivity index is 1.53. The van der Waals surface area contributed by atoms with Crippen molar-refractivity contribution in [1.29, 1.82) is 0 Å². The van der Waals surface area contributed by atoms with Gasteiger partial charge in [-0.3, -0.25) is 0 Å². The van der Waals surface area contributed by atoms with Crippen LogP contribution >= 0.6 is 11.3 Å². The molecule has 4 nitrogen and oxygen atoms in total. The van der Waals surface area contributed by atoms with Crippen molar-refractivity contribution < 1.29 is 14.2 Å². The molecule has 2 atom stereocenters. The molecule has 3 rings (SSSR count). The van der Waals surface area contributed by atoms with Crippen molar-refractivity contribution in [2.75, 3.05) is 13.2 Å². The predicted octanol–water partition coefficient (Wildman–Crippen LogP) is 3.13. The normalized spacial score (nSPS) is 20.6. The number of rotatable bonds is 6. The van der Waals surface area contributed by atoms with Gasteiger partial charge in [-0.25, -0.2) is 9.37 Å².